The summed E-state index contributed by atoms with van der Waals surface area (Å²) in [4.78, 5) is 0. The Morgan fingerprint density at radius 1 is 1.07 bits per heavy atom. The number of aliphatic hydroxyl groups excluding tert-OH is 1. The third kappa shape index (κ3) is 9.27. The van der Waals surface area contributed by atoms with Crippen molar-refractivity contribution in [1.29, 1.82) is 0 Å². The molecule has 0 atom stereocenters. The summed E-state index contributed by atoms with van der Waals surface area (Å²) in [5, 5.41) is 8.63. The third-order valence-electron chi connectivity index (χ3n) is 2.05. The molecule has 0 bridgehead atoms. The molecule has 1 heteroatoms. The molecule has 14 heavy (non-hydrogen) atoms. The summed E-state index contributed by atoms with van der Waals surface area (Å²) in [7, 11) is 0. The van der Waals surface area contributed by atoms with E-state index >= 15 is 0 Å². The molecule has 80 valence electrons. The first kappa shape index (κ1) is 13.2. The average molecular weight is 194 g/mol. The van der Waals surface area contributed by atoms with Gasteiger partial charge in [-0.15, -0.1) is 0 Å². The van der Waals surface area contributed by atoms with Gasteiger partial charge in [-0.05, 0) is 39.5 Å². The van der Waals surface area contributed by atoms with Crippen molar-refractivity contribution in [3.63, 3.8) is 0 Å². The Kier molecular flexibility index (Phi) is 9.66. The number of aliphatic hydroxyl groups is 1. The second kappa shape index (κ2) is 10.3. The standard InChI is InChI=1S/C13H22O/c1-3-4-5-6-7-8-9-10-13(2)11-12-14/h3-4,7-8,11,14H,5-6,9-10,12H2,1-2H3. The summed E-state index contributed by atoms with van der Waals surface area (Å²) < 4.78 is 0. The fourth-order valence-electron chi connectivity index (χ4n) is 1.16. The molecule has 0 aromatic heterocycles. The molecule has 1 N–H and O–H groups in total. The molecule has 1 nitrogen and oxygen atoms in total. The van der Waals surface area contributed by atoms with Crippen LogP contribution < -0.4 is 0 Å². The molecule has 0 aromatic carbocycles. The molecule has 0 saturated heterocycles. The van der Waals surface area contributed by atoms with Gasteiger partial charge in [-0.1, -0.05) is 36.0 Å². The van der Waals surface area contributed by atoms with E-state index in [2.05, 4.69) is 31.2 Å². The minimum absolute atomic E-state index is 0.164. The summed E-state index contributed by atoms with van der Waals surface area (Å²) in [5.41, 5.74) is 1.27. The SMILES string of the molecule is CC=CCCC=CCCC(C)=CCO. The summed E-state index contributed by atoms with van der Waals surface area (Å²) >= 11 is 0. The van der Waals surface area contributed by atoms with Crippen LogP contribution >= 0.6 is 0 Å². The normalized spacial score (nSPS) is 13.2. The highest BCUT2D eigenvalue weighted by Crippen LogP contribution is 2.04. The van der Waals surface area contributed by atoms with E-state index in [9.17, 15) is 0 Å². The minimum Gasteiger partial charge on any atom is -0.392 e. The van der Waals surface area contributed by atoms with Crippen molar-refractivity contribution < 1.29 is 5.11 Å². The average Bonchev–Trinajstić information content (AvgIpc) is 2.17. The van der Waals surface area contributed by atoms with E-state index in [0.29, 0.717) is 0 Å². The summed E-state index contributed by atoms with van der Waals surface area (Å²) in [6, 6.07) is 0. The maximum atomic E-state index is 8.63. The second-order valence-electron chi connectivity index (χ2n) is 3.39. The van der Waals surface area contributed by atoms with E-state index < -0.39 is 0 Å². The zero-order valence-corrected chi connectivity index (χ0v) is 9.37. The van der Waals surface area contributed by atoms with E-state index in [1.807, 2.05) is 13.0 Å². The lowest BCUT2D eigenvalue weighted by molar-refractivity contribution is 0.341. The van der Waals surface area contributed by atoms with Gasteiger partial charge in [0.15, 0.2) is 0 Å². The molecule has 0 fully saturated rings. The first-order valence-corrected chi connectivity index (χ1v) is 5.34. The zero-order chi connectivity index (χ0) is 10.6. The molecule has 0 spiro atoms. The Labute approximate surface area is 87.8 Å². The van der Waals surface area contributed by atoms with Crippen LogP contribution in [0.15, 0.2) is 36.0 Å². The molecular weight excluding hydrogens is 172 g/mol. The highest BCUT2D eigenvalue weighted by molar-refractivity contribution is 5.00. The molecule has 0 heterocycles. The highest BCUT2D eigenvalue weighted by atomic mass is 16.2. The second-order valence-corrected chi connectivity index (χ2v) is 3.39. The van der Waals surface area contributed by atoms with Gasteiger partial charge in [-0.25, -0.2) is 0 Å². The number of allylic oxidation sites excluding steroid dienone is 5. The van der Waals surface area contributed by atoms with Crippen LogP contribution in [0.25, 0.3) is 0 Å². The van der Waals surface area contributed by atoms with E-state index in [1.165, 1.54) is 5.57 Å². The van der Waals surface area contributed by atoms with E-state index in [-0.39, 0.29) is 6.61 Å². The first-order chi connectivity index (χ1) is 6.81. The van der Waals surface area contributed by atoms with Crippen molar-refractivity contribution in [3.8, 4) is 0 Å². The van der Waals surface area contributed by atoms with E-state index in [0.717, 1.165) is 25.7 Å². The van der Waals surface area contributed by atoms with Crippen LogP contribution in [0.3, 0.4) is 0 Å². The Morgan fingerprint density at radius 3 is 2.36 bits per heavy atom. The molecule has 0 aromatic rings. The third-order valence-corrected chi connectivity index (χ3v) is 2.05. The summed E-state index contributed by atoms with van der Waals surface area (Å²) in [6.07, 6.45) is 15.0. The van der Waals surface area contributed by atoms with Crippen LogP contribution in [0, 0.1) is 0 Å². The van der Waals surface area contributed by atoms with Gasteiger partial charge >= 0.3 is 0 Å². The van der Waals surface area contributed by atoms with E-state index in [4.69, 9.17) is 5.11 Å². The fourth-order valence-corrected chi connectivity index (χ4v) is 1.16. The number of hydrogen-bond acceptors (Lipinski definition) is 1. The van der Waals surface area contributed by atoms with Gasteiger partial charge in [0.05, 0.1) is 6.61 Å². The lowest BCUT2D eigenvalue weighted by Gasteiger charge is -1.95. The van der Waals surface area contributed by atoms with Crippen LogP contribution in [0.1, 0.15) is 39.5 Å². The lowest BCUT2D eigenvalue weighted by atomic mass is 10.1. The number of hydrogen-bond donors (Lipinski definition) is 1. The smallest absolute Gasteiger partial charge is 0.0614 e. The predicted molar refractivity (Wildman–Crippen MR) is 63.3 cm³/mol. The van der Waals surface area contributed by atoms with Crippen molar-refractivity contribution in [1.82, 2.24) is 0 Å². The number of unbranched alkanes of at least 4 members (excludes halogenated alkanes) is 1. The Bertz CT molecular complexity index is 199. The molecule has 0 saturated carbocycles. The molecule has 0 radical (unpaired) electrons. The Balaban J connectivity index is 3.39. The predicted octanol–water partition coefficient (Wildman–Crippen LogP) is 3.62. The molecule has 0 aliphatic rings. The lowest BCUT2D eigenvalue weighted by Crippen LogP contribution is -1.80. The first-order valence-electron chi connectivity index (χ1n) is 5.34. The van der Waals surface area contributed by atoms with Crippen LogP contribution in [0.2, 0.25) is 0 Å². The number of rotatable bonds is 7. The fraction of sp³-hybridized carbons (Fsp3) is 0.538. The van der Waals surface area contributed by atoms with Crippen LogP contribution in [-0.4, -0.2) is 11.7 Å². The largest absolute Gasteiger partial charge is 0.392 e. The van der Waals surface area contributed by atoms with Crippen LogP contribution in [0.5, 0.6) is 0 Å². The topological polar surface area (TPSA) is 20.2 Å². The minimum atomic E-state index is 0.164. The molecule has 0 unspecified atom stereocenters. The van der Waals surface area contributed by atoms with Crippen molar-refractivity contribution in [3.05, 3.63) is 36.0 Å². The molecule has 0 amide bonds. The molecule has 0 aliphatic carbocycles. The van der Waals surface area contributed by atoms with Crippen molar-refractivity contribution in [2.24, 2.45) is 0 Å². The monoisotopic (exact) mass is 194 g/mol. The van der Waals surface area contributed by atoms with Crippen molar-refractivity contribution >= 4 is 0 Å². The quantitative estimate of drug-likeness (QED) is 0.485. The highest BCUT2D eigenvalue weighted by Gasteiger charge is 1.86. The van der Waals surface area contributed by atoms with Gasteiger partial charge in [-0.2, -0.15) is 0 Å². The summed E-state index contributed by atoms with van der Waals surface area (Å²) in [6.45, 7) is 4.27. The maximum absolute atomic E-state index is 8.63. The van der Waals surface area contributed by atoms with Gasteiger partial charge in [0, 0.05) is 0 Å². The van der Waals surface area contributed by atoms with Gasteiger partial charge in [0.1, 0.15) is 0 Å². The Hall–Kier alpha value is -0.820. The maximum Gasteiger partial charge on any atom is 0.0614 e. The van der Waals surface area contributed by atoms with E-state index in [1.54, 1.807) is 0 Å². The molecule has 0 aliphatic heterocycles. The van der Waals surface area contributed by atoms with Crippen molar-refractivity contribution in [2.75, 3.05) is 6.61 Å². The summed E-state index contributed by atoms with van der Waals surface area (Å²) in [5.74, 6) is 0. The Morgan fingerprint density at radius 2 is 1.71 bits per heavy atom. The molecule has 0 rings (SSSR count). The van der Waals surface area contributed by atoms with Crippen molar-refractivity contribution in [2.45, 2.75) is 39.5 Å². The van der Waals surface area contributed by atoms with Gasteiger partial charge in [0.2, 0.25) is 0 Å². The van der Waals surface area contributed by atoms with Crippen LogP contribution in [0.4, 0.5) is 0 Å². The van der Waals surface area contributed by atoms with Crippen LogP contribution in [-0.2, 0) is 0 Å². The molecular formula is C13H22O. The van der Waals surface area contributed by atoms with Gasteiger partial charge < -0.3 is 5.11 Å². The van der Waals surface area contributed by atoms with Gasteiger partial charge in [0.25, 0.3) is 0 Å². The zero-order valence-electron chi connectivity index (χ0n) is 9.37. The van der Waals surface area contributed by atoms with Gasteiger partial charge in [-0.3, -0.25) is 0 Å².